The molecule has 0 saturated heterocycles. The van der Waals surface area contributed by atoms with Crippen molar-refractivity contribution in [1.29, 1.82) is 0 Å². The molecule has 2 atom stereocenters. The minimum Gasteiger partial charge on any atom is -0.444 e. The molecular weight excluding hydrogens is 416 g/mol. The fourth-order valence-corrected chi connectivity index (χ4v) is 4.51. The largest absolute Gasteiger partial charge is 0.444 e. The third-order valence-corrected chi connectivity index (χ3v) is 7.12. The Bertz CT molecular complexity index is 894. The van der Waals surface area contributed by atoms with Gasteiger partial charge in [0.1, 0.15) is 5.60 Å². The fraction of sp³-hybridized carbons (Fsp3) is 0.522. The molecule has 0 fully saturated rings. The number of carbonyl (C=O) groups is 1. The Labute approximate surface area is 187 Å². The molecule has 1 aromatic heterocycles. The number of rotatable bonds is 6. The second-order valence-corrected chi connectivity index (χ2v) is 12.4. The van der Waals surface area contributed by atoms with Crippen LogP contribution in [0.15, 0.2) is 35.7 Å². The van der Waals surface area contributed by atoms with Crippen LogP contribution in [0.5, 0.6) is 0 Å². The van der Waals surface area contributed by atoms with Crippen molar-refractivity contribution in [3.63, 3.8) is 0 Å². The predicted octanol–water partition coefficient (Wildman–Crippen LogP) is 5.89. The van der Waals surface area contributed by atoms with Crippen molar-refractivity contribution < 1.29 is 13.7 Å². The average Bonchev–Trinajstić information content (AvgIpc) is 3.09. The van der Waals surface area contributed by atoms with Crippen LogP contribution >= 0.6 is 11.3 Å². The molecular formula is C23H34N2O3S2. The highest BCUT2D eigenvalue weighted by Gasteiger charge is 2.23. The molecule has 0 saturated carbocycles. The zero-order chi connectivity index (χ0) is 22.7. The number of benzene rings is 1. The molecule has 1 N–H and O–H groups in total. The first-order valence-electron chi connectivity index (χ1n) is 10.1. The number of amides is 1. The predicted molar refractivity (Wildman–Crippen MR) is 127 cm³/mol. The standard InChI is InChI=1S/C23H34N2O3S2/c1-16(24-30(27)23(5,6)7)20-13-18(15-29-20)19-12-10-9-11-17(19)14-25(8)21(26)28-22(2,3)4/h9-13,15-16,24H,14H2,1-8H3. The summed E-state index contributed by atoms with van der Waals surface area (Å²) in [5.41, 5.74) is 2.70. The van der Waals surface area contributed by atoms with Crippen LogP contribution in [-0.4, -0.2) is 32.6 Å². The maximum Gasteiger partial charge on any atom is 0.410 e. The van der Waals surface area contributed by atoms with Crippen molar-refractivity contribution in [2.24, 2.45) is 0 Å². The Morgan fingerprint density at radius 3 is 2.43 bits per heavy atom. The van der Waals surface area contributed by atoms with Gasteiger partial charge in [-0.05, 0) is 76.6 Å². The molecule has 166 valence electrons. The zero-order valence-electron chi connectivity index (χ0n) is 19.2. The average molecular weight is 451 g/mol. The molecule has 5 nitrogen and oxygen atoms in total. The number of carbonyl (C=O) groups excluding carboxylic acids is 1. The van der Waals surface area contributed by atoms with Crippen LogP contribution in [0.4, 0.5) is 4.79 Å². The molecule has 1 aromatic carbocycles. The van der Waals surface area contributed by atoms with E-state index in [9.17, 15) is 9.00 Å². The summed E-state index contributed by atoms with van der Waals surface area (Å²) in [6, 6.07) is 10.2. The lowest BCUT2D eigenvalue weighted by molar-refractivity contribution is 0.0285. The van der Waals surface area contributed by atoms with Crippen molar-refractivity contribution in [2.75, 3.05) is 7.05 Å². The zero-order valence-corrected chi connectivity index (χ0v) is 20.9. The molecule has 2 unspecified atom stereocenters. The van der Waals surface area contributed by atoms with Crippen LogP contribution in [0.1, 0.15) is 64.9 Å². The van der Waals surface area contributed by atoms with E-state index in [1.807, 2.05) is 66.7 Å². The first-order chi connectivity index (χ1) is 13.8. The highest BCUT2D eigenvalue weighted by atomic mass is 32.2. The van der Waals surface area contributed by atoms with Gasteiger partial charge in [-0.15, -0.1) is 11.3 Å². The van der Waals surface area contributed by atoms with Gasteiger partial charge >= 0.3 is 6.09 Å². The normalized spacial score (nSPS) is 14.3. The van der Waals surface area contributed by atoms with E-state index < -0.39 is 16.6 Å². The number of nitrogens with zero attached hydrogens (tertiary/aromatic N) is 1. The van der Waals surface area contributed by atoms with Crippen molar-refractivity contribution in [3.05, 3.63) is 46.2 Å². The molecule has 2 aromatic rings. The van der Waals surface area contributed by atoms with Crippen LogP contribution in [0.25, 0.3) is 11.1 Å². The van der Waals surface area contributed by atoms with Crippen molar-refractivity contribution in [1.82, 2.24) is 9.62 Å². The number of hydrogen-bond donors (Lipinski definition) is 1. The molecule has 1 heterocycles. The number of ether oxygens (including phenoxy) is 1. The van der Waals surface area contributed by atoms with Crippen LogP contribution in [0, 0.1) is 0 Å². The van der Waals surface area contributed by atoms with E-state index in [-0.39, 0.29) is 16.9 Å². The lowest BCUT2D eigenvalue weighted by Gasteiger charge is -2.25. The molecule has 0 spiro atoms. The molecule has 30 heavy (non-hydrogen) atoms. The molecule has 0 aliphatic carbocycles. The summed E-state index contributed by atoms with van der Waals surface area (Å²) < 4.78 is 20.8. The summed E-state index contributed by atoms with van der Waals surface area (Å²) in [7, 11) is 0.617. The smallest absolute Gasteiger partial charge is 0.410 e. The van der Waals surface area contributed by atoms with E-state index in [0.29, 0.717) is 6.54 Å². The maximum absolute atomic E-state index is 12.4. The van der Waals surface area contributed by atoms with Crippen molar-refractivity contribution in [3.8, 4) is 11.1 Å². The topological polar surface area (TPSA) is 58.6 Å². The fourth-order valence-electron chi connectivity index (χ4n) is 2.72. The van der Waals surface area contributed by atoms with Gasteiger partial charge in [-0.25, -0.2) is 13.7 Å². The van der Waals surface area contributed by atoms with Gasteiger partial charge in [0.2, 0.25) is 0 Å². The lowest BCUT2D eigenvalue weighted by atomic mass is 10.0. The number of nitrogens with one attached hydrogen (secondary N) is 1. The van der Waals surface area contributed by atoms with Gasteiger partial charge in [0, 0.05) is 18.5 Å². The van der Waals surface area contributed by atoms with Gasteiger partial charge < -0.3 is 9.64 Å². The Kier molecular flexibility index (Phi) is 7.88. The first kappa shape index (κ1) is 24.6. The van der Waals surface area contributed by atoms with Crippen molar-refractivity contribution >= 4 is 28.4 Å². The van der Waals surface area contributed by atoms with Gasteiger partial charge in [0.05, 0.1) is 21.8 Å². The van der Waals surface area contributed by atoms with Crippen LogP contribution in [-0.2, 0) is 22.3 Å². The molecule has 2 rings (SSSR count). The van der Waals surface area contributed by atoms with Gasteiger partial charge in [-0.2, -0.15) is 0 Å². The lowest BCUT2D eigenvalue weighted by Crippen LogP contribution is -2.34. The van der Waals surface area contributed by atoms with Crippen LogP contribution in [0.3, 0.4) is 0 Å². The highest BCUT2D eigenvalue weighted by molar-refractivity contribution is 7.84. The summed E-state index contributed by atoms with van der Waals surface area (Å²) in [5, 5.41) is 2.11. The van der Waals surface area contributed by atoms with Crippen LogP contribution in [0.2, 0.25) is 0 Å². The number of thiophene rings is 1. The maximum atomic E-state index is 12.4. The van der Waals surface area contributed by atoms with Gasteiger partial charge in [0.25, 0.3) is 0 Å². The van der Waals surface area contributed by atoms with E-state index >= 15 is 0 Å². The van der Waals surface area contributed by atoms with Crippen LogP contribution < -0.4 is 4.72 Å². The monoisotopic (exact) mass is 450 g/mol. The summed E-state index contributed by atoms with van der Waals surface area (Å²) >= 11 is 1.64. The Morgan fingerprint density at radius 1 is 1.20 bits per heavy atom. The Hall–Kier alpha value is -1.70. The third-order valence-electron chi connectivity index (χ3n) is 4.33. The van der Waals surface area contributed by atoms with Gasteiger partial charge in [-0.1, -0.05) is 24.3 Å². The van der Waals surface area contributed by atoms with E-state index in [4.69, 9.17) is 4.74 Å². The summed E-state index contributed by atoms with van der Waals surface area (Å²) in [6.07, 6.45) is -0.342. The molecule has 0 aliphatic heterocycles. The second kappa shape index (κ2) is 9.62. The molecule has 7 heteroatoms. The third kappa shape index (κ3) is 6.93. The summed E-state index contributed by atoms with van der Waals surface area (Å²) in [5.74, 6) is 0. The van der Waals surface area contributed by atoms with Gasteiger partial charge in [-0.3, -0.25) is 0 Å². The minimum atomic E-state index is -1.13. The van der Waals surface area contributed by atoms with Gasteiger partial charge in [0.15, 0.2) is 0 Å². The SMILES string of the molecule is CC(NS(=O)C(C)(C)C)c1cc(-c2ccccc2CN(C)C(=O)OC(C)(C)C)cs1. The summed E-state index contributed by atoms with van der Waals surface area (Å²) in [4.78, 5) is 15.1. The van der Waals surface area contributed by atoms with E-state index in [1.165, 1.54) is 0 Å². The summed E-state index contributed by atoms with van der Waals surface area (Å²) in [6.45, 7) is 13.9. The first-order valence-corrected chi connectivity index (χ1v) is 12.1. The van der Waals surface area contributed by atoms with E-state index in [2.05, 4.69) is 22.2 Å². The number of hydrogen-bond acceptors (Lipinski definition) is 4. The highest BCUT2D eigenvalue weighted by Crippen LogP contribution is 2.32. The molecule has 1 amide bonds. The van der Waals surface area contributed by atoms with E-state index in [0.717, 1.165) is 21.6 Å². The molecule has 0 bridgehead atoms. The Balaban J connectivity index is 2.18. The van der Waals surface area contributed by atoms with Crippen molar-refractivity contribution in [2.45, 2.75) is 71.4 Å². The molecule has 0 radical (unpaired) electrons. The van der Waals surface area contributed by atoms with E-state index in [1.54, 1.807) is 23.3 Å². The quantitative estimate of drug-likeness (QED) is 0.596. The molecule has 0 aliphatic rings. The second-order valence-electron chi connectivity index (χ2n) is 9.45. The Morgan fingerprint density at radius 2 is 1.83 bits per heavy atom. The minimum absolute atomic E-state index is 0.0135.